The monoisotopic (exact) mass is 373 g/mol. The minimum absolute atomic E-state index is 0.0266. The second-order valence-corrected chi connectivity index (χ2v) is 8.46. The quantitative estimate of drug-likeness (QED) is 0.738. The Morgan fingerprint density at radius 3 is 2.85 bits per heavy atom. The number of ether oxygens (including phenoxy) is 1. The summed E-state index contributed by atoms with van der Waals surface area (Å²) in [7, 11) is 0. The third kappa shape index (κ3) is 3.08. The largest absolute Gasteiger partial charge is 0.492 e. The Hall–Kier alpha value is -2.12. The van der Waals surface area contributed by atoms with E-state index in [4.69, 9.17) is 4.74 Å². The molecule has 2 saturated heterocycles. The standard InChI is InChI=1S/C20H27N3O4/c1-12(2)7-13-8-16(22-21-13)18(24)23-9-15-14-5-3-4-6-17(14)27-11-20(15,10-23)19(25)26/h3-6,12-13,15-16,21-22H,7-11H2,1-2H3,(H,25,26)/t13?,15-,16?,20-/m1/s1. The fourth-order valence-corrected chi connectivity index (χ4v) is 4.73. The average molecular weight is 373 g/mol. The number of hydrogen-bond donors (Lipinski definition) is 3. The lowest BCUT2D eigenvalue weighted by atomic mass is 9.73. The molecule has 3 aliphatic rings. The van der Waals surface area contributed by atoms with Crippen LogP contribution in [0.15, 0.2) is 24.3 Å². The maximum Gasteiger partial charge on any atom is 0.315 e. The van der Waals surface area contributed by atoms with Gasteiger partial charge in [0.15, 0.2) is 0 Å². The first kappa shape index (κ1) is 18.3. The number of amides is 1. The van der Waals surface area contributed by atoms with Gasteiger partial charge in [-0.1, -0.05) is 32.0 Å². The van der Waals surface area contributed by atoms with Crippen molar-refractivity contribution < 1.29 is 19.4 Å². The summed E-state index contributed by atoms with van der Waals surface area (Å²) in [5, 5.41) is 9.98. The van der Waals surface area contributed by atoms with E-state index in [1.807, 2.05) is 24.3 Å². The van der Waals surface area contributed by atoms with Crippen molar-refractivity contribution in [2.45, 2.75) is 44.7 Å². The molecule has 4 atom stereocenters. The molecule has 7 heteroatoms. The minimum Gasteiger partial charge on any atom is -0.492 e. The molecule has 4 rings (SSSR count). The van der Waals surface area contributed by atoms with Gasteiger partial charge in [-0.15, -0.1) is 0 Å². The Morgan fingerprint density at radius 2 is 2.11 bits per heavy atom. The van der Waals surface area contributed by atoms with Crippen molar-refractivity contribution in [1.82, 2.24) is 15.8 Å². The molecule has 2 unspecified atom stereocenters. The summed E-state index contributed by atoms with van der Waals surface area (Å²) < 4.78 is 5.77. The van der Waals surface area contributed by atoms with E-state index in [1.54, 1.807) is 4.90 Å². The number of carboxylic acids is 1. The van der Waals surface area contributed by atoms with Gasteiger partial charge in [0.25, 0.3) is 0 Å². The predicted molar refractivity (Wildman–Crippen MR) is 99.2 cm³/mol. The normalized spacial score (nSPS) is 32.1. The van der Waals surface area contributed by atoms with Crippen LogP contribution in [0.3, 0.4) is 0 Å². The molecule has 3 aliphatic heterocycles. The Bertz CT molecular complexity index is 752. The number of carbonyl (C=O) groups is 2. The number of hydrazine groups is 1. The number of hydrogen-bond acceptors (Lipinski definition) is 5. The summed E-state index contributed by atoms with van der Waals surface area (Å²) in [6.07, 6.45) is 1.73. The smallest absolute Gasteiger partial charge is 0.315 e. The van der Waals surface area contributed by atoms with Crippen LogP contribution >= 0.6 is 0 Å². The molecule has 1 aromatic carbocycles. The molecule has 0 aliphatic carbocycles. The molecule has 0 aromatic heterocycles. The van der Waals surface area contributed by atoms with Gasteiger partial charge in [-0.2, -0.15) is 0 Å². The predicted octanol–water partition coefficient (Wildman–Crippen LogP) is 1.36. The summed E-state index contributed by atoms with van der Waals surface area (Å²) in [6.45, 7) is 5.03. The van der Waals surface area contributed by atoms with Gasteiger partial charge in [-0.05, 0) is 24.8 Å². The second kappa shape index (κ2) is 6.80. The number of nitrogens with one attached hydrogen (secondary N) is 2. The number of carboxylic acid groups (broad SMARTS) is 1. The number of benzene rings is 1. The molecule has 0 bridgehead atoms. The number of likely N-dealkylation sites (tertiary alicyclic amines) is 1. The average Bonchev–Trinajstić information content (AvgIpc) is 3.26. The highest BCUT2D eigenvalue weighted by atomic mass is 16.5. The number of rotatable bonds is 4. The van der Waals surface area contributed by atoms with Crippen LogP contribution < -0.4 is 15.6 Å². The molecule has 3 heterocycles. The van der Waals surface area contributed by atoms with Crippen molar-refractivity contribution in [3.8, 4) is 5.75 Å². The van der Waals surface area contributed by atoms with E-state index >= 15 is 0 Å². The van der Waals surface area contributed by atoms with E-state index < -0.39 is 11.4 Å². The number of para-hydroxylation sites is 1. The van der Waals surface area contributed by atoms with Crippen molar-refractivity contribution in [2.24, 2.45) is 11.3 Å². The first-order valence-corrected chi connectivity index (χ1v) is 9.65. The highest BCUT2D eigenvalue weighted by Gasteiger charge is 2.58. The van der Waals surface area contributed by atoms with Gasteiger partial charge in [0, 0.05) is 30.6 Å². The van der Waals surface area contributed by atoms with Crippen molar-refractivity contribution in [3.05, 3.63) is 29.8 Å². The Balaban J connectivity index is 1.54. The zero-order chi connectivity index (χ0) is 19.2. The Kier molecular flexibility index (Phi) is 4.60. The summed E-state index contributed by atoms with van der Waals surface area (Å²) in [4.78, 5) is 27.0. The topological polar surface area (TPSA) is 90.9 Å². The highest BCUT2D eigenvalue weighted by Crippen LogP contribution is 2.49. The van der Waals surface area contributed by atoms with E-state index in [1.165, 1.54) is 0 Å². The van der Waals surface area contributed by atoms with Crippen LogP contribution in [0.5, 0.6) is 5.75 Å². The summed E-state index contributed by atoms with van der Waals surface area (Å²) >= 11 is 0. The van der Waals surface area contributed by atoms with Gasteiger partial charge >= 0.3 is 5.97 Å². The van der Waals surface area contributed by atoms with E-state index in [9.17, 15) is 14.7 Å². The molecular weight excluding hydrogens is 346 g/mol. The molecule has 0 saturated carbocycles. The van der Waals surface area contributed by atoms with Gasteiger partial charge in [-0.25, -0.2) is 5.43 Å². The molecule has 1 amide bonds. The molecule has 3 N–H and O–H groups in total. The maximum atomic E-state index is 13.1. The summed E-state index contributed by atoms with van der Waals surface area (Å²) in [6, 6.07) is 7.51. The van der Waals surface area contributed by atoms with Crippen LogP contribution in [0.1, 0.15) is 38.2 Å². The second-order valence-electron chi connectivity index (χ2n) is 8.46. The number of carbonyl (C=O) groups excluding carboxylic acids is 1. The molecule has 0 spiro atoms. The number of aliphatic carboxylic acids is 1. The summed E-state index contributed by atoms with van der Waals surface area (Å²) in [5.74, 6) is 0.113. The third-order valence-electron chi connectivity index (χ3n) is 6.10. The fraction of sp³-hybridized carbons (Fsp3) is 0.600. The number of fused-ring (bicyclic) bond motifs is 3. The minimum atomic E-state index is -1.08. The van der Waals surface area contributed by atoms with Crippen molar-refractivity contribution in [3.63, 3.8) is 0 Å². The first-order chi connectivity index (χ1) is 12.9. The zero-order valence-electron chi connectivity index (χ0n) is 15.8. The van der Waals surface area contributed by atoms with E-state index in [-0.39, 0.29) is 37.1 Å². The number of nitrogens with zero attached hydrogens (tertiary/aromatic N) is 1. The van der Waals surface area contributed by atoms with E-state index in [0.717, 1.165) is 24.2 Å². The Labute approximate surface area is 159 Å². The van der Waals surface area contributed by atoms with Crippen LogP contribution in [-0.2, 0) is 9.59 Å². The Morgan fingerprint density at radius 1 is 1.33 bits per heavy atom. The molecule has 27 heavy (non-hydrogen) atoms. The first-order valence-electron chi connectivity index (χ1n) is 9.65. The molecular formula is C20H27N3O4. The van der Waals surface area contributed by atoms with Gasteiger partial charge < -0.3 is 14.7 Å². The van der Waals surface area contributed by atoms with E-state index in [0.29, 0.717) is 12.5 Å². The SMILES string of the molecule is CC(C)CC1CC(C(=O)N2C[C@@H]3c4ccccc4OC[C@]3(C(=O)O)C2)NN1. The van der Waals surface area contributed by atoms with Gasteiger partial charge in [-0.3, -0.25) is 15.0 Å². The lowest BCUT2D eigenvalue weighted by molar-refractivity contribution is -0.152. The van der Waals surface area contributed by atoms with Gasteiger partial charge in [0.05, 0.1) is 0 Å². The van der Waals surface area contributed by atoms with Crippen LogP contribution in [0, 0.1) is 11.3 Å². The molecule has 146 valence electrons. The zero-order valence-corrected chi connectivity index (χ0v) is 15.8. The van der Waals surface area contributed by atoms with Crippen LogP contribution in [-0.4, -0.2) is 53.7 Å². The molecule has 7 nitrogen and oxygen atoms in total. The van der Waals surface area contributed by atoms with Gasteiger partial charge in [0.1, 0.15) is 23.8 Å². The molecule has 0 radical (unpaired) electrons. The van der Waals surface area contributed by atoms with Crippen LogP contribution in [0.25, 0.3) is 0 Å². The maximum absolute atomic E-state index is 13.1. The van der Waals surface area contributed by atoms with Gasteiger partial charge in [0.2, 0.25) is 5.91 Å². The molecule has 2 fully saturated rings. The van der Waals surface area contributed by atoms with Crippen molar-refractivity contribution in [1.29, 1.82) is 0 Å². The van der Waals surface area contributed by atoms with Crippen molar-refractivity contribution in [2.75, 3.05) is 19.7 Å². The highest BCUT2D eigenvalue weighted by molar-refractivity contribution is 5.86. The van der Waals surface area contributed by atoms with Crippen molar-refractivity contribution >= 4 is 11.9 Å². The van der Waals surface area contributed by atoms with E-state index in [2.05, 4.69) is 24.7 Å². The summed E-state index contributed by atoms with van der Waals surface area (Å²) in [5.41, 5.74) is 6.14. The van der Waals surface area contributed by atoms with Crippen LogP contribution in [0.2, 0.25) is 0 Å². The lowest BCUT2D eigenvalue weighted by Crippen LogP contribution is -2.48. The fourth-order valence-electron chi connectivity index (χ4n) is 4.73. The van der Waals surface area contributed by atoms with Crippen LogP contribution in [0.4, 0.5) is 0 Å². The lowest BCUT2D eigenvalue weighted by Gasteiger charge is -2.35. The molecule has 1 aromatic rings. The third-order valence-corrected chi connectivity index (χ3v) is 6.10.